The van der Waals surface area contributed by atoms with E-state index in [-0.39, 0.29) is 0 Å². The van der Waals surface area contributed by atoms with Gasteiger partial charge in [0.25, 0.3) is 0 Å². The van der Waals surface area contributed by atoms with Gasteiger partial charge in [-0.05, 0) is 22.9 Å². The van der Waals surface area contributed by atoms with Crippen molar-refractivity contribution in [1.82, 2.24) is 0 Å². The first-order valence-corrected chi connectivity index (χ1v) is 3.97. The molecule has 64 valence electrons. The lowest BCUT2D eigenvalue weighted by atomic mass is 10.1. The highest BCUT2D eigenvalue weighted by Gasteiger charge is 1.93. The van der Waals surface area contributed by atoms with Gasteiger partial charge in [0.15, 0.2) is 0 Å². The van der Waals surface area contributed by atoms with E-state index in [0.717, 1.165) is 10.8 Å². The van der Waals surface area contributed by atoms with Gasteiger partial charge in [0.2, 0.25) is 0 Å². The number of rotatable bonds is 2. The molecule has 3 heteroatoms. The second-order valence-corrected chi connectivity index (χ2v) is 2.77. The molecule has 0 amide bonds. The summed E-state index contributed by atoms with van der Waals surface area (Å²) >= 11 is 0. The summed E-state index contributed by atoms with van der Waals surface area (Å²) in [5, 5.41) is 4.86. The van der Waals surface area contributed by atoms with Gasteiger partial charge >= 0.3 is 0 Å². The molecule has 1 N–H and O–H groups in total. The average molecular weight is 172 g/mol. The molecule has 0 fully saturated rings. The summed E-state index contributed by atoms with van der Waals surface area (Å²) in [6, 6.07) is 13.6. The third-order valence-electron chi connectivity index (χ3n) is 1.92. The molecule has 3 nitrogen and oxygen atoms in total. The third kappa shape index (κ3) is 1.49. The van der Waals surface area contributed by atoms with Crippen LogP contribution in [0.2, 0.25) is 0 Å². The minimum Gasteiger partial charge on any atom is -0.242 e. The predicted molar refractivity (Wildman–Crippen MR) is 53.4 cm³/mol. The zero-order valence-electron chi connectivity index (χ0n) is 6.90. The highest BCUT2D eigenvalue weighted by molar-refractivity contribution is 5.85. The molecular formula is C10H8N2O. The van der Waals surface area contributed by atoms with Crippen molar-refractivity contribution in [3.05, 3.63) is 47.4 Å². The van der Waals surface area contributed by atoms with Gasteiger partial charge in [-0.2, -0.15) is 0 Å². The molecule has 0 aliphatic carbocycles. The Morgan fingerprint density at radius 1 is 1.00 bits per heavy atom. The van der Waals surface area contributed by atoms with E-state index in [0.29, 0.717) is 5.69 Å². The highest BCUT2D eigenvalue weighted by Crippen LogP contribution is 2.18. The van der Waals surface area contributed by atoms with Crippen LogP contribution in [-0.2, 0) is 0 Å². The van der Waals surface area contributed by atoms with Crippen molar-refractivity contribution in [3.63, 3.8) is 0 Å². The van der Waals surface area contributed by atoms with Crippen LogP contribution in [0.3, 0.4) is 0 Å². The Balaban J connectivity index is 2.55. The van der Waals surface area contributed by atoms with E-state index in [1.165, 1.54) is 0 Å². The molecule has 2 rings (SSSR count). The Hall–Kier alpha value is -1.90. The summed E-state index contributed by atoms with van der Waals surface area (Å²) in [5.41, 5.74) is 3.09. The third-order valence-corrected chi connectivity index (χ3v) is 1.92. The zero-order valence-corrected chi connectivity index (χ0v) is 6.90. The van der Waals surface area contributed by atoms with Gasteiger partial charge in [-0.1, -0.05) is 30.3 Å². The molecule has 0 heterocycles. The minimum atomic E-state index is 0.716. The van der Waals surface area contributed by atoms with E-state index in [4.69, 9.17) is 0 Å². The standard InChI is InChI=1S/C10H8N2O/c13-12-11-10-6-5-8-3-1-2-4-9(8)7-10/h1-7H,(H,11,13). The van der Waals surface area contributed by atoms with E-state index < -0.39 is 0 Å². The first kappa shape index (κ1) is 7.73. The minimum absolute atomic E-state index is 0.716. The van der Waals surface area contributed by atoms with Crippen LogP contribution in [-0.4, -0.2) is 0 Å². The van der Waals surface area contributed by atoms with Gasteiger partial charge in [-0.3, -0.25) is 0 Å². The molecule has 0 radical (unpaired) electrons. The van der Waals surface area contributed by atoms with Crippen molar-refractivity contribution < 1.29 is 0 Å². The van der Waals surface area contributed by atoms with Crippen molar-refractivity contribution in [1.29, 1.82) is 0 Å². The molecule has 0 saturated heterocycles. The fourth-order valence-corrected chi connectivity index (χ4v) is 1.31. The first-order chi connectivity index (χ1) is 6.40. The van der Waals surface area contributed by atoms with E-state index in [1.807, 2.05) is 42.5 Å². The van der Waals surface area contributed by atoms with Crippen molar-refractivity contribution >= 4 is 16.5 Å². The Morgan fingerprint density at radius 2 is 1.77 bits per heavy atom. The van der Waals surface area contributed by atoms with Gasteiger partial charge < -0.3 is 0 Å². The molecule has 0 bridgehead atoms. The van der Waals surface area contributed by atoms with Crippen molar-refractivity contribution in [2.45, 2.75) is 0 Å². The van der Waals surface area contributed by atoms with Gasteiger partial charge in [-0.25, -0.2) is 5.43 Å². The smallest absolute Gasteiger partial charge is 0.0600 e. The molecule has 0 saturated carbocycles. The molecule has 13 heavy (non-hydrogen) atoms. The Labute approximate surface area is 75.3 Å². The molecular weight excluding hydrogens is 164 g/mol. The molecule has 0 unspecified atom stereocenters. The number of anilines is 1. The van der Waals surface area contributed by atoms with Crippen LogP contribution in [0.5, 0.6) is 0 Å². The number of benzene rings is 2. The van der Waals surface area contributed by atoms with Crippen LogP contribution in [0, 0.1) is 4.91 Å². The Morgan fingerprint density at radius 3 is 2.54 bits per heavy atom. The summed E-state index contributed by atoms with van der Waals surface area (Å²) in [6.45, 7) is 0. The second-order valence-electron chi connectivity index (χ2n) is 2.77. The van der Waals surface area contributed by atoms with Crippen LogP contribution in [0.4, 0.5) is 5.69 Å². The normalized spacial score (nSPS) is 9.85. The molecule has 2 aromatic rings. The van der Waals surface area contributed by atoms with E-state index in [2.05, 4.69) is 10.7 Å². The molecule has 0 aliphatic rings. The van der Waals surface area contributed by atoms with Gasteiger partial charge in [0.1, 0.15) is 0 Å². The van der Waals surface area contributed by atoms with Crippen molar-refractivity contribution in [2.24, 2.45) is 5.29 Å². The molecule has 0 spiro atoms. The monoisotopic (exact) mass is 172 g/mol. The Bertz CT molecular complexity index is 440. The van der Waals surface area contributed by atoms with Crippen LogP contribution in [0.15, 0.2) is 47.8 Å². The zero-order chi connectivity index (χ0) is 9.10. The lowest BCUT2D eigenvalue weighted by Crippen LogP contribution is -1.84. The molecule has 0 atom stereocenters. The van der Waals surface area contributed by atoms with Crippen LogP contribution >= 0.6 is 0 Å². The lowest BCUT2D eigenvalue weighted by Gasteiger charge is -1.99. The lowest BCUT2D eigenvalue weighted by molar-refractivity contribution is 1.32. The SMILES string of the molecule is O=NNc1ccc2ccccc2c1. The van der Waals surface area contributed by atoms with E-state index in [9.17, 15) is 4.91 Å². The first-order valence-electron chi connectivity index (χ1n) is 3.97. The number of fused-ring (bicyclic) bond motifs is 1. The Kier molecular flexibility index (Phi) is 1.92. The molecule has 0 aromatic heterocycles. The summed E-state index contributed by atoms with van der Waals surface area (Å²) in [4.78, 5) is 9.95. The van der Waals surface area contributed by atoms with Crippen molar-refractivity contribution in [2.75, 3.05) is 5.43 Å². The van der Waals surface area contributed by atoms with Crippen molar-refractivity contribution in [3.8, 4) is 0 Å². The summed E-state index contributed by atoms with van der Waals surface area (Å²) in [7, 11) is 0. The molecule has 2 aromatic carbocycles. The maximum atomic E-state index is 9.95. The number of hydrogen-bond acceptors (Lipinski definition) is 2. The number of nitrogens with one attached hydrogen (secondary N) is 1. The number of nitrogens with zero attached hydrogens (tertiary/aromatic N) is 1. The largest absolute Gasteiger partial charge is 0.242 e. The number of nitroso groups, excluding NO2 is 1. The maximum absolute atomic E-state index is 9.95. The number of hydrogen-bond donors (Lipinski definition) is 1. The van der Waals surface area contributed by atoms with Gasteiger partial charge in [0, 0.05) is 0 Å². The summed E-state index contributed by atoms with van der Waals surface area (Å²) in [6.07, 6.45) is 0. The van der Waals surface area contributed by atoms with E-state index in [1.54, 1.807) is 0 Å². The predicted octanol–water partition coefficient (Wildman–Crippen LogP) is 2.93. The van der Waals surface area contributed by atoms with Crippen LogP contribution < -0.4 is 5.43 Å². The van der Waals surface area contributed by atoms with Crippen LogP contribution in [0.1, 0.15) is 0 Å². The van der Waals surface area contributed by atoms with E-state index >= 15 is 0 Å². The topological polar surface area (TPSA) is 41.5 Å². The average Bonchev–Trinajstić information content (AvgIpc) is 2.18. The van der Waals surface area contributed by atoms with Gasteiger partial charge in [-0.15, -0.1) is 4.91 Å². The van der Waals surface area contributed by atoms with Crippen LogP contribution in [0.25, 0.3) is 10.8 Å². The highest BCUT2D eigenvalue weighted by atomic mass is 16.3. The van der Waals surface area contributed by atoms with Gasteiger partial charge in [0.05, 0.1) is 11.0 Å². The fourth-order valence-electron chi connectivity index (χ4n) is 1.31. The molecule has 0 aliphatic heterocycles. The quantitative estimate of drug-likeness (QED) is 0.559. The summed E-state index contributed by atoms with van der Waals surface area (Å²) < 4.78 is 0. The fraction of sp³-hybridized carbons (Fsp3) is 0. The maximum Gasteiger partial charge on any atom is 0.0600 e. The second kappa shape index (κ2) is 3.23. The summed E-state index contributed by atoms with van der Waals surface area (Å²) in [5.74, 6) is 0.